The number of likely N-dealkylation sites (N-methyl/N-ethyl adjacent to an activating group) is 1. The number of hydrogen-bond donors (Lipinski definition) is 2. The van der Waals surface area contributed by atoms with E-state index >= 15 is 0 Å². The lowest BCUT2D eigenvalue weighted by molar-refractivity contribution is -0.192. The summed E-state index contributed by atoms with van der Waals surface area (Å²) in [6.45, 7) is 5.16. The van der Waals surface area contributed by atoms with Gasteiger partial charge in [0.05, 0.1) is 12.2 Å². The molecule has 0 unspecified atom stereocenters. The number of nitriles is 1. The Bertz CT molecular complexity index is 1180. The Balaban J connectivity index is 0.000000532. The highest BCUT2D eigenvalue weighted by atomic mass is 35.5. The summed E-state index contributed by atoms with van der Waals surface area (Å²) in [6.07, 6.45) is 0.320. The van der Waals surface area contributed by atoms with E-state index in [9.17, 15) is 23.2 Å². The van der Waals surface area contributed by atoms with Crippen LogP contribution in [0.4, 0.5) is 19.0 Å². The molecule has 2 heterocycles. The molecule has 210 valence electrons. The Morgan fingerprint density at radius 1 is 1.18 bits per heavy atom. The van der Waals surface area contributed by atoms with Gasteiger partial charge in [0.15, 0.2) is 5.82 Å². The number of alkyl halides is 3. The van der Waals surface area contributed by atoms with Gasteiger partial charge in [-0.15, -0.1) is 0 Å². The number of carboxylic acids is 1. The maximum atomic E-state index is 13.1. The number of carboxylic acid groups (broad SMARTS) is 1. The van der Waals surface area contributed by atoms with Crippen molar-refractivity contribution in [3.05, 3.63) is 52.4 Å². The first-order valence-corrected chi connectivity index (χ1v) is 12.7. The van der Waals surface area contributed by atoms with Crippen LogP contribution < -0.4 is 10.4 Å². The number of aromatic nitrogens is 2. The van der Waals surface area contributed by atoms with E-state index in [4.69, 9.17) is 21.5 Å². The lowest BCUT2D eigenvalue weighted by Crippen LogP contribution is -2.48. The van der Waals surface area contributed by atoms with Gasteiger partial charge in [-0.3, -0.25) is 20.1 Å². The predicted molar refractivity (Wildman–Crippen MR) is 137 cm³/mol. The van der Waals surface area contributed by atoms with Gasteiger partial charge in [0.2, 0.25) is 5.82 Å². The zero-order valence-corrected chi connectivity index (χ0v) is 22.0. The van der Waals surface area contributed by atoms with E-state index in [2.05, 4.69) is 32.2 Å². The van der Waals surface area contributed by atoms with Crippen molar-refractivity contribution >= 4 is 29.3 Å². The van der Waals surface area contributed by atoms with Crippen molar-refractivity contribution in [3.8, 4) is 6.07 Å². The summed E-state index contributed by atoms with van der Waals surface area (Å²) >= 11 is 6.34. The molecule has 2 fully saturated rings. The number of anilines is 1. The van der Waals surface area contributed by atoms with E-state index in [0.717, 1.165) is 58.4 Å². The summed E-state index contributed by atoms with van der Waals surface area (Å²) in [4.78, 5) is 34.9. The second-order valence-corrected chi connectivity index (χ2v) is 9.71. The molecule has 2 N–H and O–H groups in total. The average molecular weight is 568 g/mol. The highest BCUT2D eigenvalue weighted by molar-refractivity contribution is 6.32. The number of carbonyl (C=O) groups excluding carboxylic acids is 1. The summed E-state index contributed by atoms with van der Waals surface area (Å²) in [5.74, 6) is -2.59. The molecule has 1 aromatic heterocycles. The van der Waals surface area contributed by atoms with Gasteiger partial charge in [-0.2, -0.15) is 23.4 Å². The molecule has 2 aliphatic rings. The number of nitrogens with one attached hydrogen (secondary N) is 1. The first-order valence-electron chi connectivity index (χ1n) is 12.3. The standard InChI is InChI=1S/C23H28ClN7O.C2HF3O2/c1-29-10-12-30(13-11-29)16-17-6-8-18(9-7-17)23(32)28-31(19-4-2-3-5-19)22-20(24)15-26-21(14-25)27-22;3-2(4,5)1(6)7/h6-9,15,19H,2-5,10-13,16H2,1H3,(H,28,32);(H,6,7). The first-order chi connectivity index (χ1) is 18.5. The summed E-state index contributed by atoms with van der Waals surface area (Å²) in [6, 6.07) is 9.76. The number of aliphatic carboxylic acids is 1. The normalized spacial score (nSPS) is 16.6. The van der Waals surface area contributed by atoms with Gasteiger partial charge >= 0.3 is 12.1 Å². The number of benzene rings is 1. The van der Waals surface area contributed by atoms with E-state index in [1.54, 1.807) is 5.01 Å². The number of carbonyl (C=O) groups is 2. The molecule has 39 heavy (non-hydrogen) atoms. The van der Waals surface area contributed by atoms with Gasteiger partial charge in [0.25, 0.3) is 5.91 Å². The highest BCUT2D eigenvalue weighted by Gasteiger charge is 2.38. The Morgan fingerprint density at radius 3 is 2.31 bits per heavy atom. The zero-order chi connectivity index (χ0) is 28.6. The van der Waals surface area contributed by atoms with E-state index in [0.29, 0.717) is 16.4 Å². The minimum atomic E-state index is -5.08. The molecule has 1 amide bonds. The first kappa shape index (κ1) is 30.1. The SMILES string of the molecule is CN1CCN(Cc2ccc(C(=O)NN(c3nc(C#N)ncc3Cl)C3CCCC3)cc2)CC1.O=C(O)C(F)(F)F. The summed E-state index contributed by atoms with van der Waals surface area (Å²) in [5, 5.41) is 18.3. The summed E-state index contributed by atoms with van der Waals surface area (Å²) in [5.41, 5.74) is 4.74. The molecule has 1 aliphatic heterocycles. The summed E-state index contributed by atoms with van der Waals surface area (Å²) < 4.78 is 31.7. The zero-order valence-electron chi connectivity index (χ0n) is 21.3. The van der Waals surface area contributed by atoms with Gasteiger partial charge in [0.1, 0.15) is 11.1 Å². The minimum absolute atomic E-state index is 0.0231. The maximum absolute atomic E-state index is 13.1. The van der Waals surface area contributed by atoms with Gasteiger partial charge in [-0.1, -0.05) is 36.6 Å². The van der Waals surface area contributed by atoms with Crippen LogP contribution in [-0.2, 0) is 11.3 Å². The Hall–Kier alpha value is -3.47. The molecule has 0 bridgehead atoms. The lowest BCUT2D eigenvalue weighted by Gasteiger charge is -2.32. The van der Waals surface area contributed by atoms with Crippen LogP contribution in [0.3, 0.4) is 0 Å². The number of halogens is 4. The molecule has 1 aliphatic carbocycles. The topological polar surface area (TPSA) is 126 Å². The molecule has 1 saturated heterocycles. The van der Waals surface area contributed by atoms with Crippen molar-refractivity contribution in [2.45, 2.75) is 44.4 Å². The summed E-state index contributed by atoms with van der Waals surface area (Å²) in [7, 11) is 2.15. The molecule has 10 nitrogen and oxygen atoms in total. The third-order valence-corrected chi connectivity index (χ3v) is 6.69. The van der Waals surface area contributed by atoms with Crippen LogP contribution >= 0.6 is 11.6 Å². The molecule has 2 aromatic rings. The Labute approximate surface area is 229 Å². The number of nitrogens with zero attached hydrogens (tertiary/aromatic N) is 6. The third-order valence-electron chi connectivity index (χ3n) is 6.43. The second kappa shape index (κ2) is 13.5. The molecule has 4 rings (SSSR count). The monoisotopic (exact) mass is 567 g/mol. The fraction of sp³-hybridized carbons (Fsp3) is 0.480. The number of hydrazine groups is 1. The molecule has 0 spiro atoms. The van der Waals surface area contributed by atoms with E-state index in [1.165, 1.54) is 11.8 Å². The van der Waals surface area contributed by atoms with Crippen molar-refractivity contribution in [3.63, 3.8) is 0 Å². The number of hydrogen-bond acceptors (Lipinski definition) is 8. The lowest BCUT2D eigenvalue weighted by atomic mass is 10.1. The number of piperazine rings is 1. The average Bonchev–Trinajstić information content (AvgIpc) is 3.44. The van der Waals surface area contributed by atoms with Gasteiger partial charge in [0, 0.05) is 38.3 Å². The van der Waals surface area contributed by atoms with Gasteiger partial charge < -0.3 is 10.0 Å². The van der Waals surface area contributed by atoms with Crippen LogP contribution in [0.1, 0.15) is 47.4 Å². The number of amides is 1. The van der Waals surface area contributed by atoms with Crippen LogP contribution in [0.25, 0.3) is 0 Å². The second-order valence-electron chi connectivity index (χ2n) is 9.31. The van der Waals surface area contributed by atoms with E-state index < -0.39 is 12.1 Å². The van der Waals surface area contributed by atoms with Crippen LogP contribution in [-0.4, -0.2) is 82.2 Å². The molecule has 0 radical (unpaired) electrons. The van der Waals surface area contributed by atoms with Crippen LogP contribution in [0.2, 0.25) is 5.02 Å². The van der Waals surface area contributed by atoms with Crippen LogP contribution in [0.15, 0.2) is 30.5 Å². The van der Waals surface area contributed by atoms with Crippen LogP contribution in [0.5, 0.6) is 0 Å². The molecule has 1 saturated carbocycles. The predicted octanol–water partition coefficient (Wildman–Crippen LogP) is 3.48. The largest absolute Gasteiger partial charge is 0.490 e. The third kappa shape index (κ3) is 8.77. The highest BCUT2D eigenvalue weighted by Crippen LogP contribution is 2.30. The van der Waals surface area contributed by atoms with Crippen molar-refractivity contribution < 1.29 is 27.9 Å². The minimum Gasteiger partial charge on any atom is -0.475 e. The molecule has 14 heteroatoms. The van der Waals surface area contributed by atoms with Crippen molar-refractivity contribution in [2.24, 2.45) is 0 Å². The maximum Gasteiger partial charge on any atom is 0.490 e. The Morgan fingerprint density at radius 2 is 1.77 bits per heavy atom. The van der Waals surface area contributed by atoms with Crippen molar-refractivity contribution in [1.29, 1.82) is 5.26 Å². The van der Waals surface area contributed by atoms with Gasteiger partial charge in [-0.05, 0) is 37.6 Å². The molecular formula is C25H29ClF3N7O3. The van der Waals surface area contributed by atoms with E-state index in [1.807, 2.05) is 30.3 Å². The molecular weight excluding hydrogens is 539 g/mol. The Kier molecular flexibility index (Phi) is 10.4. The van der Waals surface area contributed by atoms with Crippen molar-refractivity contribution in [2.75, 3.05) is 38.2 Å². The quantitative estimate of drug-likeness (QED) is 0.505. The fourth-order valence-electron chi connectivity index (χ4n) is 4.26. The number of rotatable bonds is 6. The molecule has 1 aromatic carbocycles. The molecule has 0 atom stereocenters. The fourth-order valence-corrected chi connectivity index (χ4v) is 4.44. The van der Waals surface area contributed by atoms with Crippen molar-refractivity contribution in [1.82, 2.24) is 25.2 Å². The smallest absolute Gasteiger partial charge is 0.475 e. The van der Waals surface area contributed by atoms with Gasteiger partial charge in [-0.25, -0.2) is 9.78 Å². The van der Waals surface area contributed by atoms with Crippen LogP contribution in [0, 0.1) is 11.3 Å². The van der Waals surface area contributed by atoms with E-state index in [-0.39, 0.29) is 17.8 Å².